The van der Waals surface area contributed by atoms with Crippen molar-refractivity contribution >= 4 is 15.9 Å². The van der Waals surface area contributed by atoms with Gasteiger partial charge in [0.15, 0.2) is 0 Å². The van der Waals surface area contributed by atoms with Gasteiger partial charge < -0.3 is 9.32 Å². The first kappa shape index (κ1) is 16.7. The quantitative estimate of drug-likeness (QED) is 0.900. The zero-order valence-corrected chi connectivity index (χ0v) is 14.1. The van der Waals surface area contributed by atoms with Crippen LogP contribution in [0.3, 0.4) is 0 Å². The molecule has 1 amide bonds. The van der Waals surface area contributed by atoms with Crippen LogP contribution < -0.4 is 4.72 Å². The van der Waals surface area contributed by atoms with Crippen molar-refractivity contribution in [1.29, 1.82) is 0 Å². The number of amides is 1. The summed E-state index contributed by atoms with van der Waals surface area (Å²) in [5, 5.41) is 0. The number of hydrogen-bond donors (Lipinski definition) is 1. The molecule has 1 N–H and O–H groups in total. The second-order valence-corrected chi connectivity index (χ2v) is 7.55. The Labute approximate surface area is 141 Å². The van der Waals surface area contributed by atoms with E-state index in [2.05, 4.69) is 4.72 Å². The van der Waals surface area contributed by atoms with Crippen LogP contribution in [0.25, 0.3) is 0 Å². The molecule has 128 valence electrons. The Balaban J connectivity index is 1.67. The number of carbonyl (C=O) groups excluding carboxylic acids is 1. The van der Waals surface area contributed by atoms with Crippen molar-refractivity contribution in [2.75, 3.05) is 13.1 Å². The highest BCUT2D eigenvalue weighted by molar-refractivity contribution is 7.89. The number of piperidine rings is 1. The van der Waals surface area contributed by atoms with E-state index >= 15 is 0 Å². The Morgan fingerprint density at radius 1 is 1.08 bits per heavy atom. The van der Waals surface area contributed by atoms with Crippen molar-refractivity contribution in [3.63, 3.8) is 0 Å². The molecule has 6 nitrogen and oxygen atoms in total. The third kappa shape index (κ3) is 3.85. The predicted molar refractivity (Wildman–Crippen MR) is 88.9 cm³/mol. The van der Waals surface area contributed by atoms with Gasteiger partial charge in [-0.2, -0.15) is 0 Å². The average Bonchev–Trinajstić information content (AvgIpc) is 3.14. The summed E-state index contributed by atoms with van der Waals surface area (Å²) in [5.74, 6) is 0.498. The molecule has 7 heteroatoms. The van der Waals surface area contributed by atoms with E-state index in [4.69, 9.17) is 4.42 Å². The van der Waals surface area contributed by atoms with Gasteiger partial charge in [-0.15, -0.1) is 0 Å². The smallest absolute Gasteiger partial charge is 0.253 e. The van der Waals surface area contributed by atoms with E-state index in [1.807, 2.05) is 4.90 Å². The second-order valence-electron chi connectivity index (χ2n) is 5.78. The Bertz CT molecular complexity index is 777. The van der Waals surface area contributed by atoms with E-state index in [0.29, 0.717) is 11.3 Å². The predicted octanol–water partition coefficient (Wildman–Crippen LogP) is 2.38. The lowest BCUT2D eigenvalue weighted by Gasteiger charge is -2.26. The third-order valence-corrected chi connectivity index (χ3v) is 5.49. The Morgan fingerprint density at radius 3 is 2.42 bits per heavy atom. The number of nitrogens with one attached hydrogen (secondary N) is 1. The summed E-state index contributed by atoms with van der Waals surface area (Å²) in [6.07, 6.45) is 4.69. The lowest BCUT2D eigenvalue weighted by atomic mass is 10.1. The van der Waals surface area contributed by atoms with E-state index in [-0.39, 0.29) is 17.3 Å². The lowest BCUT2D eigenvalue weighted by Crippen LogP contribution is -2.35. The highest BCUT2D eigenvalue weighted by Gasteiger charge is 2.19. The number of furan rings is 1. The van der Waals surface area contributed by atoms with E-state index in [1.54, 1.807) is 24.3 Å². The highest BCUT2D eigenvalue weighted by atomic mass is 32.2. The van der Waals surface area contributed by atoms with Gasteiger partial charge in [-0.1, -0.05) is 0 Å². The number of carbonyl (C=O) groups is 1. The normalized spacial score (nSPS) is 15.4. The van der Waals surface area contributed by atoms with Gasteiger partial charge in [0.2, 0.25) is 10.0 Å². The summed E-state index contributed by atoms with van der Waals surface area (Å²) in [6.45, 7) is 1.62. The van der Waals surface area contributed by atoms with Gasteiger partial charge >= 0.3 is 0 Å². The zero-order valence-electron chi connectivity index (χ0n) is 13.3. The molecule has 3 rings (SSSR count). The van der Waals surface area contributed by atoms with Gasteiger partial charge in [0.05, 0.1) is 17.7 Å². The van der Waals surface area contributed by atoms with Crippen molar-refractivity contribution in [2.45, 2.75) is 30.7 Å². The van der Waals surface area contributed by atoms with Crippen molar-refractivity contribution in [2.24, 2.45) is 0 Å². The molecule has 1 aromatic carbocycles. The summed E-state index contributed by atoms with van der Waals surface area (Å²) >= 11 is 0. The minimum atomic E-state index is -3.64. The van der Waals surface area contributed by atoms with Crippen LogP contribution in [-0.4, -0.2) is 32.3 Å². The molecule has 2 heterocycles. The largest absolute Gasteiger partial charge is 0.468 e. The lowest BCUT2D eigenvalue weighted by molar-refractivity contribution is 0.0724. The maximum atomic E-state index is 12.4. The molecule has 0 saturated carbocycles. The second kappa shape index (κ2) is 7.19. The Hall–Kier alpha value is -2.12. The molecule has 1 saturated heterocycles. The van der Waals surface area contributed by atoms with Crippen LogP contribution in [0.2, 0.25) is 0 Å². The zero-order chi connectivity index (χ0) is 17.0. The first-order chi connectivity index (χ1) is 11.6. The Morgan fingerprint density at radius 2 is 1.79 bits per heavy atom. The number of nitrogens with zero attached hydrogens (tertiary/aromatic N) is 1. The minimum Gasteiger partial charge on any atom is -0.468 e. The van der Waals surface area contributed by atoms with Crippen LogP contribution in [0.15, 0.2) is 52.0 Å². The monoisotopic (exact) mass is 348 g/mol. The molecule has 0 unspecified atom stereocenters. The topological polar surface area (TPSA) is 79.6 Å². The fraction of sp³-hybridized carbons (Fsp3) is 0.353. The van der Waals surface area contributed by atoms with Gasteiger partial charge in [-0.05, 0) is 55.7 Å². The molecule has 0 radical (unpaired) electrons. The number of sulfonamides is 1. The molecular weight excluding hydrogens is 328 g/mol. The summed E-state index contributed by atoms with van der Waals surface area (Å²) in [5.41, 5.74) is 0.516. The number of benzene rings is 1. The van der Waals surface area contributed by atoms with E-state index in [0.717, 1.165) is 32.4 Å². The van der Waals surface area contributed by atoms with Gasteiger partial charge in [0.1, 0.15) is 5.76 Å². The number of hydrogen-bond acceptors (Lipinski definition) is 4. The van der Waals surface area contributed by atoms with Crippen molar-refractivity contribution < 1.29 is 17.6 Å². The summed E-state index contributed by atoms with van der Waals surface area (Å²) < 4.78 is 32.1. The number of rotatable bonds is 5. The van der Waals surface area contributed by atoms with Crippen LogP contribution in [0, 0.1) is 0 Å². The standard InChI is InChI=1S/C17H20N2O4S/c20-17(19-10-2-1-3-11-19)14-6-8-16(9-7-14)24(21,22)18-13-15-5-4-12-23-15/h4-9,12,18H,1-3,10-11,13H2. The van der Waals surface area contributed by atoms with Crippen LogP contribution in [-0.2, 0) is 16.6 Å². The van der Waals surface area contributed by atoms with Crippen molar-refractivity contribution in [1.82, 2.24) is 9.62 Å². The molecule has 0 spiro atoms. The maximum Gasteiger partial charge on any atom is 0.253 e. The SMILES string of the molecule is O=C(c1ccc(S(=O)(=O)NCc2ccco2)cc1)N1CCCCC1. The Kier molecular flexibility index (Phi) is 5.01. The van der Waals surface area contributed by atoms with E-state index in [1.165, 1.54) is 18.4 Å². The van der Waals surface area contributed by atoms with Crippen LogP contribution in [0.4, 0.5) is 0 Å². The van der Waals surface area contributed by atoms with Crippen molar-refractivity contribution in [3.8, 4) is 0 Å². The van der Waals surface area contributed by atoms with E-state index in [9.17, 15) is 13.2 Å². The summed E-state index contributed by atoms with van der Waals surface area (Å²) in [7, 11) is -3.64. The molecule has 0 atom stereocenters. The highest BCUT2D eigenvalue weighted by Crippen LogP contribution is 2.16. The summed E-state index contributed by atoms with van der Waals surface area (Å²) in [6, 6.07) is 9.45. The molecule has 1 aliphatic heterocycles. The molecule has 24 heavy (non-hydrogen) atoms. The molecule has 2 aromatic rings. The van der Waals surface area contributed by atoms with Crippen LogP contribution in [0.1, 0.15) is 35.4 Å². The molecule has 1 fully saturated rings. The first-order valence-electron chi connectivity index (χ1n) is 7.98. The molecule has 0 aliphatic carbocycles. The van der Waals surface area contributed by atoms with Gasteiger partial charge in [-0.25, -0.2) is 13.1 Å². The van der Waals surface area contributed by atoms with Gasteiger partial charge in [0, 0.05) is 18.7 Å². The first-order valence-corrected chi connectivity index (χ1v) is 9.46. The fourth-order valence-corrected chi connectivity index (χ4v) is 3.71. The van der Waals surface area contributed by atoms with Gasteiger partial charge in [0.25, 0.3) is 5.91 Å². The maximum absolute atomic E-state index is 12.4. The van der Waals surface area contributed by atoms with Crippen LogP contribution >= 0.6 is 0 Å². The average molecular weight is 348 g/mol. The molecule has 1 aromatic heterocycles. The van der Waals surface area contributed by atoms with Gasteiger partial charge in [-0.3, -0.25) is 4.79 Å². The fourth-order valence-electron chi connectivity index (χ4n) is 2.72. The number of likely N-dealkylation sites (tertiary alicyclic amines) is 1. The molecule has 0 bridgehead atoms. The molecular formula is C17H20N2O4S. The van der Waals surface area contributed by atoms with Crippen LogP contribution in [0.5, 0.6) is 0 Å². The summed E-state index contributed by atoms with van der Waals surface area (Å²) in [4.78, 5) is 14.3. The minimum absolute atomic E-state index is 0.0396. The third-order valence-electron chi connectivity index (χ3n) is 4.07. The van der Waals surface area contributed by atoms with Crippen molar-refractivity contribution in [3.05, 3.63) is 54.0 Å². The van der Waals surface area contributed by atoms with E-state index < -0.39 is 10.0 Å². The molecule has 1 aliphatic rings.